The molecule has 0 aliphatic rings. The number of hydrogen-bond donors (Lipinski definition) is 2. The summed E-state index contributed by atoms with van der Waals surface area (Å²) in [5.74, 6) is -0.694. The minimum absolute atomic E-state index is 0.111. The highest BCUT2D eigenvalue weighted by molar-refractivity contribution is 6.59. The van der Waals surface area contributed by atoms with Crippen LogP contribution in [0.15, 0.2) is 12.4 Å². The lowest BCUT2D eigenvalue weighted by molar-refractivity contribution is 0.422. The fourth-order valence-electron chi connectivity index (χ4n) is 0.869. The largest absolute Gasteiger partial charge is 0.491 e. The molecule has 0 aliphatic heterocycles. The molecule has 0 saturated carbocycles. The van der Waals surface area contributed by atoms with Crippen molar-refractivity contribution in [2.45, 2.75) is 6.92 Å². The number of halogens is 1. The van der Waals surface area contributed by atoms with Crippen LogP contribution in [0.5, 0.6) is 0 Å². The fraction of sp³-hybridized carbons (Fsp3) is 0.167. The molecule has 58 valence electrons. The SMILES string of the molecule is Cc1cncc(F)c1B(O)O. The van der Waals surface area contributed by atoms with Crippen LogP contribution in [0.4, 0.5) is 4.39 Å². The molecule has 0 aliphatic carbocycles. The lowest BCUT2D eigenvalue weighted by Gasteiger charge is -2.03. The normalized spacial score (nSPS) is 9.82. The van der Waals surface area contributed by atoms with Gasteiger partial charge in [0.05, 0.1) is 6.20 Å². The molecule has 0 bridgehead atoms. The van der Waals surface area contributed by atoms with Crippen LogP contribution >= 0.6 is 0 Å². The van der Waals surface area contributed by atoms with Gasteiger partial charge in [0.25, 0.3) is 0 Å². The van der Waals surface area contributed by atoms with E-state index < -0.39 is 12.9 Å². The molecule has 1 aromatic heterocycles. The van der Waals surface area contributed by atoms with E-state index in [0.717, 1.165) is 6.20 Å². The summed E-state index contributed by atoms with van der Waals surface area (Å²) in [4.78, 5) is 3.53. The molecule has 0 radical (unpaired) electrons. The molecule has 0 saturated heterocycles. The predicted molar refractivity (Wildman–Crippen MR) is 38.8 cm³/mol. The van der Waals surface area contributed by atoms with Crippen LogP contribution in [-0.4, -0.2) is 22.2 Å². The molecule has 5 heteroatoms. The summed E-state index contributed by atoms with van der Waals surface area (Å²) in [6, 6.07) is 0. The van der Waals surface area contributed by atoms with Crippen molar-refractivity contribution < 1.29 is 14.4 Å². The fourth-order valence-corrected chi connectivity index (χ4v) is 0.869. The number of pyridine rings is 1. The second-order valence-electron chi connectivity index (χ2n) is 2.23. The molecule has 0 atom stereocenters. The van der Waals surface area contributed by atoms with Crippen molar-refractivity contribution in [2.75, 3.05) is 0 Å². The lowest BCUT2D eigenvalue weighted by atomic mass is 9.78. The topological polar surface area (TPSA) is 53.4 Å². The van der Waals surface area contributed by atoms with Crippen LogP contribution in [0.25, 0.3) is 0 Å². The van der Waals surface area contributed by atoms with Crippen molar-refractivity contribution in [1.82, 2.24) is 4.98 Å². The second kappa shape index (κ2) is 2.98. The summed E-state index contributed by atoms with van der Waals surface area (Å²) in [7, 11) is -1.77. The third kappa shape index (κ3) is 1.55. The quantitative estimate of drug-likeness (QED) is 0.522. The minimum Gasteiger partial charge on any atom is -0.423 e. The highest BCUT2D eigenvalue weighted by Gasteiger charge is 2.18. The van der Waals surface area contributed by atoms with E-state index in [1.165, 1.54) is 6.20 Å². The van der Waals surface area contributed by atoms with Gasteiger partial charge in [-0.25, -0.2) is 4.39 Å². The Bertz CT molecular complexity index is 247. The zero-order valence-corrected chi connectivity index (χ0v) is 5.95. The molecule has 1 rings (SSSR count). The Morgan fingerprint density at radius 3 is 2.45 bits per heavy atom. The Labute approximate surface area is 63.7 Å². The van der Waals surface area contributed by atoms with Gasteiger partial charge in [0.15, 0.2) is 0 Å². The van der Waals surface area contributed by atoms with Crippen molar-refractivity contribution in [3.8, 4) is 0 Å². The molecule has 11 heavy (non-hydrogen) atoms. The first-order valence-corrected chi connectivity index (χ1v) is 3.09. The molecule has 0 amide bonds. The van der Waals surface area contributed by atoms with E-state index >= 15 is 0 Å². The van der Waals surface area contributed by atoms with E-state index in [1.54, 1.807) is 6.92 Å². The lowest BCUT2D eigenvalue weighted by Crippen LogP contribution is -2.35. The van der Waals surface area contributed by atoms with Crippen molar-refractivity contribution in [3.63, 3.8) is 0 Å². The first kappa shape index (κ1) is 8.16. The highest BCUT2D eigenvalue weighted by Crippen LogP contribution is 1.96. The van der Waals surface area contributed by atoms with Crippen LogP contribution in [-0.2, 0) is 0 Å². The molecule has 3 nitrogen and oxygen atoms in total. The number of rotatable bonds is 1. The summed E-state index contributed by atoms with van der Waals surface area (Å²) in [6.45, 7) is 1.56. The third-order valence-corrected chi connectivity index (χ3v) is 1.40. The van der Waals surface area contributed by atoms with E-state index in [2.05, 4.69) is 4.98 Å². The molecule has 1 heterocycles. The summed E-state index contributed by atoms with van der Waals surface area (Å²) in [5, 5.41) is 17.3. The molecule has 1 aromatic rings. The molecular weight excluding hydrogens is 148 g/mol. The summed E-state index contributed by atoms with van der Waals surface area (Å²) in [6.07, 6.45) is 2.32. The standard InChI is InChI=1S/C6H7BFNO2/c1-4-2-9-3-5(8)6(4)7(10)11/h2-3,10-11H,1H3. The smallest absolute Gasteiger partial charge is 0.423 e. The van der Waals surface area contributed by atoms with Crippen LogP contribution in [0.2, 0.25) is 0 Å². The van der Waals surface area contributed by atoms with Crippen molar-refractivity contribution in [2.24, 2.45) is 0 Å². The molecule has 0 spiro atoms. The van der Waals surface area contributed by atoms with Crippen molar-refractivity contribution in [3.05, 3.63) is 23.8 Å². The summed E-state index contributed by atoms with van der Waals surface area (Å²) < 4.78 is 12.7. The molecule has 2 N–H and O–H groups in total. The Hall–Kier alpha value is -0.935. The maximum atomic E-state index is 12.7. The van der Waals surface area contributed by atoms with E-state index in [1.807, 2.05) is 0 Å². The van der Waals surface area contributed by atoms with Crippen LogP contribution < -0.4 is 5.46 Å². The van der Waals surface area contributed by atoms with Gasteiger partial charge in [-0.3, -0.25) is 4.98 Å². The van der Waals surface area contributed by atoms with E-state index in [4.69, 9.17) is 10.0 Å². The van der Waals surface area contributed by atoms with Crippen molar-refractivity contribution in [1.29, 1.82) is 0 Å². The zero-order chi connectivity index (χ0) is 8.43. The second-order valence-corrected chi connectivity index (χ2v) is 2.23. The van der Waals surface area contributed by atoms with Gasteiger partial charge < -0.3 is 10.0 Å². The van der Waals surface area contributed by atoms with Gasteiger partial charge >= 0.3 is 7.12 Å². The highest BCUT2D eigenvalue weighted by atomic mass is 19.1. The average Bonchev–Trinajstić information content (AvgIpc) is 1.85. The van der Waals surface area contributed by atoms with Gasteiger partial charge in [-0.2, -0.15) is 0 Å². The zero-order valence-electron chi connectivity index (χ0n) is 5.95. The monoisotopic (exact) mass is 155 g/mol. The Kier molecular flexibility index (Phi) is 2.21. The summed E-state index contributed by atoms with van der Waals surface area (Å²) >= 11 is 0. The van der Waals surface area contributed by atoms with Gasteiger partial charge in [0.1, 0.15) is 5.82 Å². The number of hydrogen-bond acceptors (Lipinski definition) is 3. The van der Waals surface area contributed by atoms with E-state index in [0.29, 0.717) is 5.56 Å². The van der Waals surface area contributed by atoms with Crippen LogP contribution in [0, 0.1) is 12.7 Å². The van der Waals surface area contributed by atoms with Gasteiger partial charge in [0, 0.05) is 11.7 Å². The first-order chi connectivity index (χ1) is 5.13. The van der Waals surface area contributed by atoms with E-state index in [9.17, 15) is 4.39 Å². The molecule has 0 fully saturated rings. The van der Waals surface area contributed by atoms with Gasteiger partial charge in [-0.1, -0.05) is 0 Å². The van der Waals surface area contributed by atoms with Gasteiger partial charge in [-0.05, 0) is 12.5 Å². The Morgan fingerprint density at radius 1 is 1.45 bits per heavy atom. The maximum Gasteiger partial charge on any atom is 0.491 e. The predicted octanol–water partition coefficient (Wildman–Crippen LogP) is -0.791. The molecular formula is C6H7BFNO2. The number of aryl methyl sites for hydroxylation is 1. The van der Waals surface area contributed by atoms with E-state index in [-0.39, 0.29) is 5.46 Å². The number of aromatic nitrogens is 1. The van der Waals surface area contributed by atoms with Crippen molar-refractivity contribution >= 4 is 12.6 Å². The first-order valence-electron chi connectivity index (χ1n) is 3.09. The molecule has 0 unspecified atom stereocenters. The van der Waals surface area contributed by atoms with Crippen LogP contribution in [0.3, 0.4) is 0 Å². The minimum atomic E-state index is -1.77. The average molecular weight is 155 g/mol. The summed E-state index contributed by atoms with van der Waals surface area (Å²) in [5.41, 5.74) is 0.319. The number of nitrogens with zero attached hydrogens (tertiary/aromatic N) is 1. The molecule has 0 aromatic carbocycles. The Balaban J connectivity index is 3.21. The van der Waals surface area contributed by atoms with Crippen LogP contribution in [0.1, 0.15) is 5.56 Å². The Morgan fingerprint density at radius 2 is 2.09 bits per heavy atom. The van der Waals surface area contributed by atoms with Gasteiger partial charge in [-0.15, -0.1) is 0 Å². The maximum absolute atomic E-state index is 12.7. The third-order valence-electron chi connectivity index (χ3n) is 1.40. The van der Waals surface area contributed by atoms with Gasteiger partial charge in [0.2, 0.25) is 0 Å².